The molecule has 2 amide bonds. The summed E-state index contributed by atoms with van der Waals surface area (Å²) in [6.45, 7) is 8.00. The average Bonchev–Trinajstić information content (AvgIpc) is 2.41. The maximum Gasteiger partial charge on any atom is 0.314 e. The quantitative estimate of drug-likeness (QED) is 0.546. The lowest BCUT2D eigenvalue weighted by Crippen LogP contribution is -2.41. The largest absolute Gasteiger partial charge is 0.481 e. The van der Waals surface area contributed by atoms with Gasteiger partial charge in [0.1, 0.15) is 0 Å². The SMILES string of the molecule is COCCC(C)(C)CNC(=O)NCCC(C)CCC(=O)O. The molecule has 21 heavy (non-hydrogen) atoms. The van der Waals surface area contributed by atoms with E-state index in [-0.39, 0.29) is 17.9 Å². The number of nitrogens with one attached hydrogen (secondary N) is 2. The van der Waals surface area contributed by atoms with Gasteiger partial charge in [0.05, 0.1) is 0 Å². The number of ether oxygens (including phenoxy) is 1. The molecule has 0 spiro atoms. The van der Waals surface area contributed by atoms with Crippen LogP contribution in [0.3, 0.4) is 0 Å². The summed E-state index contributed by atoms with van der Waals surface area (Å²) in [5, 5.41) is 14.3. The zero-order chi connectivity index (χ0) is 16.3. The molecule has 0 aliphatic heterocycles. The lowest BCUT2D eigenvalue weighted by atomic mass is 9.90. The van der Waals surface area contributed by atoms with E-state index in [1.54, 1.807) is 7.11 Å². The highest BCUT2D eigenvalue weighted by Gasteiger charge is 2.18. The Morgan fingerprint density at radius 3 is 2.48 bits per heavy atom. The van der Waals surface area contributed by atoms with Gasteiger partial charge in [-0.1, -0.05) is 20.8 Å². The van der Waals surface area contributed by atoms with Gasteiger partial charge in [-0.2, -0.15) is 0 Å². The number of amides is 2. The molecule has 3 N–H and O–H groups in total. The van der Waals surface area contributed by atoms with E-state index in [9.17, 15) is 9.59 Å². The monoisotopic (exact) mass is 302 g/mol. The van der Waals surface area contributed by atoms with Gasteiger partial charge in [-0.15, -0.1) is 0 Å². The number of urea groups is 1. The lowest BCUT2D eigenvalue weighted by Gasteiger charge is -2.24. The van der Waals surface area contributed by atoms with Crippen molar-refractivity contribution in [3.8, 4) is 0 Å². The number of carboxylic acids is 1. The van der Waals surface area contributed by atoms with Crippen LogP contribution in [-0.2, 0) is 9.53 Å². The highest BCUT2D eigenvalue weighted by Crippen LogP contribution is 2.18. The smallest absolute Gasteiger partial charge is 0.314 e. The minimum absolute atomic E-state index is 0.00211. The van der Waals surface area contributed by atoms with Gasteiger partial charge in [0.15, 0.2) is 0 Å². The summed E-state index contributed by atoms with van der Waals surface area (Å²) >= 11 is 0. The summed E-state index contributed by atoms with van der Waals surface area (Å²) in [6, 6.07) is -0.175. The van der Waals surface area contributed by atoms with Gasteiger partial charge in [0, 0.05) is 33.2 Å². The van der Waals surface area contributed by atoms with Crippen LogP contribution in [0.1, 0.15) is 46.5 Å². The fraction of sp³-hybridized carbons (Fsp3) is 0.867. The predicted molar refractivity (Wildman–Crippen MR) is 82.3 cm³/mol. The van der Waals surface area contributed by atoms with Crippen molar-refractivity contribution in [1.82, 2.24) is 10.6 Å². The second-order valence-corrected chi connectivity index (χ2v) is 6.34. The first-order valence-electron chi connectivity index (χ1n) is 7.49. The molecule has 0 aromatic rings. The third kappa shape index (κ3) is 12.2. The van der Waals surface area contributed by atoms with Crippen molar-refractivity contribution in [2.75, 3.05) is 26.8 Å². The summed E-state index contributed by atoms with van der Waals surface area (Å²) in [7, 11) is 1.67. The van der Waals surface area contributed by atoms with Gasteiger partial charge in [0.2, 0.25) is 0 Å². The third-order valence-electron chi connectivity index (χ3n) is 3.48. The van der Waals surface area contributed by atoms with Crippen molar-refractivity contribution in [3.63, 3.8) is 0 Å². The van der Waals surface area contributed by atoms with Crippen LogP contribution in [0, 0.1) is 11.3 Å². The molecule has 124 valence electrons. The van der Waals surface area contributed by atoms with E-state index >= 15 is 0 Å². The number of hydrogen-bond donors (Lipinski definition) is 3. The molecule has 1 unspecified atom stereocenters. The Balaban J connectivity index is 3.73. The Morgan fingerprint density at radius 2 is 1.90 bits per heavy atom. The highest BCUT2D eigenvalue weighted by molar-refractivity contribution is 5.73. The van der Waals surface area contributed by atoms with E-state index in [4.69, 9.17) is 9.84 Å². The molecule has 0 saturated heterocycles. The molecule has 0 fully saturated rings. The summed E-state index contributed by atoms with van der Waals surface area (Å²) in [5.41, 5.74) is 0.00211. The zero-order valence-electron chi connectivity index (χ0n) is 13.7. The minimum atomic E-state index is -0.772. The first kappa shape index (κ1) is 19.7. The Bertz CT molecular complexity index is 319. The molecule has 0 aromatic carbocycles. The number of methoxy groups -OCH3 is 1. The maximum absolute atomic E-state index is 11.7. The first-order chi connectivity index (χ1) is 9.76. The van der Waals surface area contributed by atoms with Crippen LogP contribution in [0.5, 0.6) is 0 Å². The maximum atomic E-state index is 11.7. The lowest BCUT2D eigenvalue weighted by molar-refractivity contribution is -0.137. The highest BCUT2D eigenvalue weighted by atomic mass is 16.5. The molecule has 0 radical (unpaired) electrons. The number of aliphatic carboxylic acids is 1. The van der Waals surface area contributed by atoms with Crippen molar-refractivity contribution < 1.29 is 19.4 Å². The average molecular weight is 302 g/mol. The van der Waals surface area contributed by atoms with Crippen molar-refractivity contribution in [2.45, 2.75) is 46.5 Å². The molecule has 0 heterocycles. The minimum Gasteiger partial charge on any atom is -0.481 e. The van der Waals surface area contributed by atoms with Crippen molar-refractivity contribution in [1.29, 1.82) is 0 Å². The van der Waals surface area contributed by atoms with E-state index in [0.717, 1.165) is 12.8 Å². The van der Waals surface area contributed by atoms with Crippen LogP contribution in [0.4, 0.5) is 4.79 Å². The fourth-order valence-corrected chi connectivity index (χ4v) is 1.80. The van der Waals surface area contributed by atoms with E-state index in [0.29, 0.717) is 32.0 Å². The van der Waals surface area contributed by atoms with Gasteiger partial charge >= 0.3 is 12.0 Å². The molecule has 6 heteroatoms. The molecule has 1 atom stereocenters. The Kier molecular flexibility index (Phi) is 9.78. The molecular formula is C15H30N2O4. The molecule has 0 saturated carbocycles. The number of hydrogen-bond acceptors (Lipinski definition) is 3. The first-order valence-corrected chi connectivity index (χ1v) is 7.49. The molecule has 0 rings (SSSR count). The zero-order valence-corrected chi connectivity index (χ0v) is 13.7. The van der Waals surface area contributed by atoms with Crippen LogP contribution in [0.2, 0.25) is 0 Å². The topological polar surface area (TPSA) is 87.7 Å². The van der Waals surface area contributed by atoms with Gasteiger partial charge in [-0.3, -0.25) is 4.79 Å². The van der Waals surface area contributed by atoms with E-state index in [2.05, 4.69) is 24.5 Å². The molecule has 6 nitrogen and oxygen atoms in total. The molecule has 0 aliphatic carbocycles. The summed E-state index contributed by atoms with van der Waals surface area (Å²) < 4.78 is 5.05. The Labute approximate surface area is 127 Å². The molecule has 0 aromatic heterocycles. The molecular weight excluding hydrogens is 272 g/mol. The van der Waals surface area contributed by atoms with Crippen molar-refractivity contribution >= 4 is 12.0 Å². The molecule has 0 aliphatic rings. The van der Waals surface area contributed by atoms with Gasteiger partial charge in [0.25, 0.3) is 0 Å². The number of carbonyl (C=O) groups is 2. The van der Waals surface area contributed by atoms with Crippen LogP contribution >= 0.6 is 0 Å². The Morgan fingerprint density at radius 1 is 1.24 bits per heavy atom. The third-order valence-corrected chi connectivity index (χ3v) is 3.48. The summed E-state index contributed by atoms with van der Waals surface area (Å²) in [6.07, 6.45) is 2.49. The van der Waals surface area contributed by atoms with E-state index in [1.807, 2.05) is 6.92 Å². The number of rotatable bonds is 11. The molecule has 0 bridgehead atoms. The van der Waals surface area contributed by atoms with Gasteiger partial charge in [-0.05, 0) is 30.6 Å². The van der Waals surface area contributed by atoms with Crippen LogP contribution in [-0.4, -0.2) is 43.9 Å². The second-order valence-electron chi connectivity index (χ2n) is 6.34. The van der Waals surface area contributed by atoms with E-state index < -0.39 is 5.97 Å². The van der Waals surface area contributed by atoms with E-state index in [1.165, 1.54) is 0 Å². The van der Waals surface area contributed by atoms with Crippen LogP contribution < -0.4 is 10.6 Å². The number of carbonyl (C=O) groups excluding carboxylic acids is 1. The standard InChI is InChI=1S/C15H30N2O4/c1-12(5-6-13(18)19)7-9-16-14(20)17-11-15(2,3)8-10-21-4/h12H,5-11H2,1-4H3,(H,18,19)(H2,16,17,20). The van der Waals surface area contributed by atoms with Gasteiger partial charge in [-0.25, -0.2) is 4.79 Å². The van der Waals surface area contributed by atoms with Crippen LogP contribution in [0.15, 0.2) is 0 Å². The number of carboxylic acid groups (broad SMARTS) is 1. The van der Waals surface area contributed by atoms with Crippen molar-refractivity contribution in [2.24, 2.45) is 11.3 Å². The Hall–Kier alpha value is -1.30. The fourth-order valence-electron chi connectivity index (χ4n) is 1.80. The normalized spacial score (nSPS) is 12.8. The van der Waals surface area contributed by atoms with Crippen molar-refractivity contribution in [3.05, 3.63) is 0 Å². The van der Waals surface area contributed by atoms with Gasteiger partial charge < -0.3 is 20.5 Å². The summed E-state index contributed by atoms with van der Waals surface area (Å²) in [4.78, 5) is 22.1. The second kappa shape index (κ2) is 10.4. The predicted octanol–water partition coefficient (Wildman–Crippen LogP) is 2.24. The van der Waals surface area contributed by atoms with Crippen LogP contribution in [0.25, 0.3) is 0 Å². The summed E-state index contributed by atoms with van der Waals surface area (Å²) in [5.74, 6) is -0.481.